The molecule has 3 amide bonds. The van der Waals surface area contributed by atoms with Crippen molar-refractivity contribution in [3.63, 3.8) is 0 Å². The van der Waals surface area contributed by atoms with Crippen molar-refractivity contribution in [1.82, 2.24) is 14.8 Å². The van der Waals surface area contributed by atoms with E-state index < -0.39 is 17.5 Å². The predicted molar refractivity (Wildman–Crippen MR) is 135 cm³/mol. The number of hydrogen-bond acceptors (Lipinski definition) is 4. The lowest BCUT2D eigenvalue weighted by molar-refractivity contribution is -0.131. The summed E-state index contributed by atoms with van der Waals surface area (Å²) >= 11 is 0. The van der Waals surface area contributed by atoms with Gasteiger partial charge in [-0.2, -0.15) is 0 Å². The largest absolute Gasteiger partial charge is 0.467 e. The Morgan fingerprint density at radius 3 is 2.31 bits per heavy atom. The van der Waals surface area contributed by atoms with Crippen LogP contribution in [0.5, 0.6) is 0 Å². The number of imide groups is 1. The molecule has 1 aliphatic rings. The summed E-state index contributed by atoms with van der Waals surface area (Å²) in [4.78, 5) is 41.4. The van der Waals surface area contributed by atoms with E-state index in [9.17, 15) is 14.4 Å². The van der Waals surface area contributed by atoms with Crippen molar-refractivity contribution in [2.45, 2.75) is 32.4 Å². The van der Waals surface area contributed by atoms with Crippen molar-refractivity contribution in [2.75, 3.05) is 6.54 Å². The van der Waals surface area contributed by atoms with Gasteiger partial charge in [0.2, 0.25) is 0 Å². The molecule has 7 nitrogen and oxygen atoms in total. The molecule has 0 saturated carbocycles. The van der Waals surface area contributed by atoms with E-state index in [0.29, 0.717) is 17.7 Å². The van der Waals surface area contributed by atoms with Gasteiger partial charge in [0.15, 0.2) is 11.3 Å². The van der Waals surface area contributed by atoms with Gasteiger partial charge in [0, 0.05) is 23.4 Å². The van der Waals surface area contributed by atoms with Crippen molar-refractivity contribution >= 4 is 17.7 Å². The van der Waals surface area contributed by atoms with E-state index in [1.165, 1.54) is 0 Å². The number of rotatable bonds is 8. The number of nitrogens with one attached hydrogen (secondary N) is 1. The third-order valence-corrected chi connectivity index (χ3v) is 6.82. The maximum Gasteiger partial charge on any atom is 0.325 e. The van der Waals surface area contributed by atoms with Gasteiger partial charge < -0.3 is 14.3 Å². The highest BCUT2D eigenvalue weighted by atomic mass is 16.3. The van der Waals surface area contributed by atoms with Crippen LogP contribution in [0, 0.1) is 13.8 Å². The van der Waals surface area contributed by atoms with Crippen LogP contribution < -0.4 is 5.32 Å². The lowest BCUT2D eigenvalue weighted by Gasteiger charge is -2.27. The molecule has 0 bridgehead atoms. The van der Waals surface area contributed by atoms with Crippen LogP contribution in [0.4, 0.5) is 4.79 Å². The summed E-state index contributed by atoms with van der Waals surface area (Å²) in [5.74, 6) is 0.0552. The number of nitrogens with zero attached hydrogens (tertiary/aromatic N) is 2. The Hall–Kier alpha value is -4.39. The molecule has 0 aliphatic carbocycles. The number of urea groups is 1. The summed E-state index contributed by atoms with van der Waals surface area (Å²) in [7, 11) is 0. The molecule has 7 heteroatoms. The van der Waals surface area contributed by atoms with E-state index in [0.717, 1.165) is 27.6 Å². The monoisotopic (exact) mass is 481 g/mol. The Balaban J connectivity index is 1.43. The summed E-state index contributed by atoms with van der Waals surface area (Å²) < 4.78 is 7.44. The second-order valence-corrected chi connectivity index (χ2v) is 9.13. The molecule has 36 heavy (non-hydrogen) atoms. The minimum atomic E-state index is -1.28. The fourth-order valence-electron chi connectivity index (χ4n) is 4.93. The van der Waals surface area contributed by atoms with Gasteiger partial charge in [0.25, 0.3) is 5.91 Å². The molecule has 5 rings (SSSR count). The number of amides is 3. The fraction of sp³-hybridized carbons (Fsp3) is 0.207. The number of carbonyl (C=O) groups is 3. The lowest BCUT2D eigenvalue weighted by atomic mass is 9.83. The van der Waals surface area contributed by atoms with Crippen LogP contribution in [0.15, 0.2) is 89.5 Å². The van der Waals surface area contributed by atoms with Crippen LogP contribution in [-0.4, -0.2) is 33.7 Å². The van der Waals surface area contributed by atoms with Crippen molar-refractivity contribution in [3.8, 4) is 0 Å². The maximum absolute atomic E-state index is 13.9. The Kier molecular flexibility index (Phi) is 6.06. The molecule has 3 heterocycles. The number of benzene rings is 2. The van der Waals surface area contributed by atoms with Crippen molar-refractivity contribution < 1.29 is 18.8 Å². The summed E-state index contributed by atoms with van der Waals surface area (Å²) in [5, 5.41) is 2.92. The highest BCUT2D eigenvalue weighted by Gasteiger charge is 2.52. The molecule has 1 unspecified atom stereocenters. The molecule has 1 atom stereocenters. The van der Waals surface area contributed by atoms with Crippen molar-refractivity contribution in [2.24, 2.45) is 0 Å². The summed E-state index contributed by atoms with van der Waals surface area (Å²) in [5.41, 5.74) is 2.45. The number of aryl methyl sites for hydroxylation is 1. The van der Waals surface area contributed by atoms with Gasteiger partial charge >= 0.3 is 6.03 Å². The molecule has 2 aromatic heterocycles. The first-order chi connectivity index (χ1) is 17.4. The second-order valence-electron chi connectivity index (χ2n) is 9.13. The second kappa shape index (κ2) is 9.34. The van der Waals surface area contributed by atoms with Crippen LogP contribution in [-0.2, 0) is 23.3 Å². The number of hydrogen-bond donors (Lipinski definition) is 1. The minimum absolute atomic E-state index is 0.283. The highest BCUT2D eigenvalue weighted by Crippen LogP contribution is 2.33. The van der Waals surface area contributed by atoms with E-state index in [1.807, 2.05) is 91.2 Å². The third-order valence-electron chi connectivity index (χ3n) is 6.82. The Morgan fingerprint density at radius 1 is 0.944 bits per heavy atom. The zero-order valence-electron chi connectivity index (χ0n) is 20.2. The number of furan rings is 1. The average molecular weight is 482 g/mol. The van der Waals surface area contributed by atoms with Crippen LogP contribution >= 0.6 is 0 Å². The quantitative estimate of drug-likeness (QED) is 0.294. The first kappa shape index (κ1) is 23.4. The summed E-state index contributed by atoms with van der Waals surface area (Å²) in [6.45, 7) is 3.94. The van der Waals surface area contributed by atoms with E-state index in [-0.39, 0.29) is 18.7 Å². The summed E-state index contributed by atoms with van der Waals surface area (Å²) in [6, 6.07) is 23.7. The van der Waals surface area contributed by atoms with Gasteiger partial charge in [-0.3, -0.25) is 14.5 Å². The average Bonchev–Trinajstić information content (AvgIpc) is 3.56. The lowest BCUT2D eigenvalue weighted by Crippen LogP contribution is -2.46. The van der Waals surface area contributed by atoms with E-state index in [1.54, 1.807) is 12.3 Å². The van der Waals surface area contributed by atoms with Gasteiger partial charge in [-0.25, -0.2) is 4.79 Å². The molecule has 0 radical (unpaired) electrons. The number of ketones is 1. The first-order valence-electron chi connectivity index (χ1n) is 11.8. The molecule has 182 valence electrons. The van der Waals surface area contributed by atoms with Crippen LogP contribution in [0.3, 0.4) is 0 Å². The Bertz CT molecular complexity index is 1410. The van der Waals surface area contributed by atoms with Gasteiger partial charge in [0.05, 0.1) is 19.4 Å². The minimum Gasteiger partial charge on any atom is -0.467 e. The van der Waals surface area contributed by atoms with Crippen molar-refractivity contribution in [3.05, 3.63) is 119 Å². The molecule has 4 aromatic rings. The topological polar surface area (TPSA) is 84.5 Å². The van der Waals surface area contributed by atoms with E-state index in [2.05, 4.69) is 5.32 Å². The summed E-state index contributed by atoms with van der Waals surface area (Å²) in [6.07, 6.45) is 1.90. The predicted octanol–water partition coefficient (Wildman–Crippen LogP) is 4.62. The zero-order chi connectivity index (χ0) is 25.3. The molecule has 1 N–H and O–H groups in total. The highest BCUT2D eigenvalue weighted by molar-refractivity contribution is 6.11. The molecular weight excluding hydrogens is 454 g/mol. The first-order valence-corrected chi connectivity index (χ1v) is 11.8. The van der Waals surface area contributed by atoms with E-state index in [4.69, 9.17) is 4.42 Å². The van der Waals surface area contributed by atoms with Crippen LogP contribution in [0.2, 0.25) is 0 Å². The Morgan fingerprint density at radius 2 is 1.64 bits per heavy atom. The number of Topliss-reactive ketones (excluding diaryl/α,β-unsaturated/α-hetero) is 1. The molecule has 1 fully saturated rings. The molecule has 2 aromatic carbocycles. The zero-order valence-corrected chi connectivity index (χ0v) is 20.2. The normalized spacial score (nSPS) is 17.4. The SMILES string of the molecule is Cc1cc(C(=O)CN2C(=O)NC(Cc3ccccc3)(c3ccccc3)C2=O)c(C)n1Cc1ccco1. The molecule has 1 aliphatic heterocycles. The number of aromatic nitrogens is 1. The Labute approximate surface area is 209 Å². The van der Waals surface area contributed by atoms with Gasteiger partial charge in [-0.15, -0.1) is 0 Å². The van der Waals surface area contributed by atoms with E-state index >= 15 is 0 Å². The van der Waals surface area contributed by atoms with Crippen LogP contribution in [0.1, 0.15) is 38.6 Å². The maximum atomic E-state index is 13.9. The number of carbonyl (C=O) groups excluding carboxylic acids is 3. The molecule has 0 spiro atoms. The van der Waals surface area contributed by atoms with Crippen LogP contribution in [0.25, 0.3) is 0 Å². The van der Waals surface area contributed by atoms with Gasteiger partial charge in [0.1, 0.15) is 5.76 Å². The molecular formula is C29H27N3O4. The van der Waals surface area contributed by atoms with Gasteiger partial charge in [-0.05, 0) is 43.2 Å². The smallest absolute Gasteiger partial charge is 0.325 e. The van der Waals surface area contributed by atoms with Crippen molar-refractivity contribution in [1.29, 1.82) is 0 Å². The molecule has 1 saturated heterocycles. The standard InChI is InChI=1S/C29H27N3O4/c1-20-16-25(21(2)31(20)18-24-14-9-15-36-24)26(33)19-32-27(34)29(30-28(32)35,23-12-7-4-8-13-23)17-22-10-5-3-6-11-22/h3-16H,17-19H2,1-2H3,(H,30,35). The van der Waals surface area contributed by atoms with Gasteiger partial charge in [-0.1, -0.05) is 60.7 Å². The third kappa shape index (κ3) is 4.13. The fourth-order valence-corrected chi connectivity index (χ4v) is 4.93.